The summed E-state index contributed by atoms with van der Waals surface area (Å²) in [6.07, 6.45) is 1.33. The highest BCUT2D eigenvalue weighted by atomic mass is 79.9. The lowest BCUT2D eigenvalue weighted by molar-refractivity contribution is -0.122. The van der Waals surface area contributed by atoms with Gasteiger partial charge < -0.3 is 24.3 Å². The molecule has 0 unspecified atom stereocenters. The predicted molar refractivity (Wildman–Crippen MR) is 150 cm³/mol. The van der Waals surface area contributed by atoms with E-state index in [4.69, 9.17) is 18.9 Å². The van der Waals surface area contributed by atoms with Crippen molar-refractivity contribution in [3.63, 3.8) is 0 Å². The van der Waals surface area contributed by atoms with Gasteiger partial charge in [-0.25, -0.2) is 9.69 Å². The molecule has 206 valence electrons. The Balaban J connectivity index is 1.55. The second-order valence-electron chi connectivity index (χ2n) is 8.23. The Morgan fingerprint density at radius 1 is 0.950 bits per heavy atom. The number of carbonyl (C=O) groups excluding carboxylic acids is 4. The number of carbonyl (C=O) groups is 4. The molecule has 0 radical (unpaired) electrons. The normalized spacial score (nSPS) is 14.1. The summed E-state index contributed by atoms with van der Waals surface area (Å²) in [6, 6.07) is 15.4. The maximum atomic E-state index is 13.2. The minimum Gasteiger partial charge on any atom is -0.497 e. The van der Waals surface area contributed by atoms with Gasteiger partial charge in [0.25, 0.3) is 17.7 Å². The molecule has 0 spiro atoms. The van der Waals surface area contributed by atoms with Gasteiger partial charge in [0.15, 0.2) is 18.1 Å². The van der Waals surface area contributed by atoms with E-state index in [1.165, 1.54) is 45.6 Å². The van der Waals surface area contributed by atoms with Gasteiger partial charge in [0.05, 0.1) is 37.2 Å². The largest absolute Gasteiger partial charge is 0.497 e. The molecule has 1 aliphatic rings. The fourth-order valence-corrected chi connectivity index (χ4v) is 4.40. The van der Waals surface area contributed by atoms with Crippen molar-refractivity contribution in [3.8, 4) is 23.0 Å². The van der Waals surface area contributed by atoms with Gasteiger partial charge in [0, 0.05) is 0 Å². The summed E-state index contributed by atoms with van der Waals surface area (Å²) in [5.74, 6) is -0.576. The van der Waals surface area contributed by atoms with Gasteiger partial charge in [0.2, 0.25) is 0 Å². The Kier molecular flexibility index (Phi) is 8.70. The Morgan fingerprint density at radius 2 is 1.65 bits per heavy atom. The molecule has 0 bridgehead atoms. The van der Waals surface area contributed by atoms with Crippen LogP contribution < -0.4 is 34.5 Å². The van der Waals surface area contributed by atoms with Crippen LogP contribution in [0.4, 0.5) is 16.2 Å². The highest BCUT2D eigenvalue weighted by Gasteiger charge is 2.37. The van der Waals surface area contributed by atoms with Crippen molar-refractivity contribution in [1.82, 2.24) is 5.32 Å². The van der Waals surface area contributed by atoms with E-state index >= 15 is 0 Å². The number of nitrogens with one attached hydrogen (secondary N) is 2. The monoisotopic (exact) mass is 609 g/mol. The number of ether oxygens (including phenoxy) is 4. The van der Waals surface area contributed by atoms with Crippen molar-refractivity contribution in [2.75, 3.05) is 38.2 Å². The first-order valence-corrected chi connectivity index (χ1v) is 12.5. The van der Waals surface area contributed by atoms with Crippen LogP contribution in [-0.4, -0.2) is 51.7 Å². The minimum absolute atomic E-state index is 0.231. The zero-order chi connectivity index (χ0) is 28.8. The summed E-state index contributed by atoms with van der Waals surface area (Å²) in [5.41, 5.74) is 0.881. The number of methoxy groups -OCH3 is 3. The van der Waals surface area contributed by atoms with Gasteiger partial charge >= 0.3 is 6.03 Å². The fourth-order valence-electron chi connectivity index (χ4n) is 3.83. The molecule has 12 heteroatoms. The maximum absolute atomic E-state index is 13.2. The quantitative estimate of drug-likeness (QED) is 0.273. The number of barbiturate groups is 1. The molecule has 0 saturated carbocycles. The first-order valence-electron chi connectivity index (χ1n) is 11.7. The van der Waals surface area contributed by atoms with Crippen LogP contribution in [0.25, 0.3) is 6.08 Å². The van der Waals surface area contributed by atoms with Gasteiger partial charge in [-0.2, -0.15) is 0 Å². The summed E-state index contributed by atoms with van der Waals surface area (Å²) in [6.45, 7) is -0.340. The molecule has 4 rings (SSSR count). The fraction of sp³-hybridized carbons (Fsp3) is 0.143. The molecule has 5 amide bonds. The lowest BCUT2D eigenvalue weighted by atomic mass is 10.1. The van der Waals surface area contributed by atoms with Gasteiger partial charge in [-0.3, -0.25) is 19.7 Å². The van der Waals surface area contributed by atoms with Crippen LogP contribution >= 0.6 is 15.9 Å². The van der Waals surface area contributed by atoms with Crippen molar-refractivity contribution >= 4 is 57.1 Å². The molecule has 0 aliphatic carbocycles. The molecule has 1 aliphatic heterocycles. The molecule has 11 nitrogen and oxygen atoms in total. The van der Waals surface area contributed by atoms with Gasteiger partial charge in [-0.15, -0.1) is 0 Å². The topological polar surface area (TPSA) is 132 Å². The van der Waals surface area contributed by atoms with Crippen molar-refractivity contribution in [1.29, 1.82) is 0 Å². The zero-order valence-corrected chi connectivity index (χ0v) is 23.2. The maximum Gasteiger partial charge on any atom is 0.335 e. The van der Waals surface area contributed by atoms with Crippen LogP contribution in [0.15, 0.2) is 70.7 Å². The van der Waals surface area contributed by atoms with E-state index in [1.807, 2.05) is 0 Å². The first kappa shape index (κ1) is 28.2. The van der Waals surface area contributed by atoms with Crippen molar-refractivity contribution in [2.45, 2.75) is 0 Å². The van der Waals surface area contributed by atoms with Crippen LogP contribution in [0.5, 0.6) is 23.0 Å². The third-order valence-corrected chi connectivity index (χ3v) is 6.31. The number of halogens is 1. The molecular formula is C28H24BrN3O8. The molecule has 3 aromatic rings. The average Bonchev–Trinajstić information content (AvgIpc) is 2.95. The number of hydrogen-bond acceptors (Lipinski definition) is 8. The second-order valence-corrected chi connectivity index (χ2v) is 9.08. The molecule has 2 N–H and O–H groups in total. The van der Waals surface area contributed by atoms with Crippen LogP contribution in [0.1, 0.15) is 5.56 Å². The molecule has 3 aromatic carbocycles. The molecule has 40 heavy (non-hydrogen) atoms. The van der Waals surface area contributed by atoms with E-state index in [-0.39, 0.29) is 29.4 Å². The Hall–Kier alpha value is -4.84. The Morgan fingerprint density at radius 3 is 2.33 bits per heavy atom. The molecule has 0 aromatic heterocycles. The second kappa shape index (κ2) is 12.3. The van der Waals surface area contributed by atoms with E-state index in [1.54, 1.807) is 42.5 Å². The van der Waals surface area contributed by atoms with E-state index in [2.05, 4.69) is 26.6 Å². The summed E-state index contributed by atoms with van der Waals surface area (Å²) >= 11 is 3.40. The zero-order valence-electron chi connectivity index (χ0n) is 21.6. The molecule has 1 saturated heterocycles. The van der Waals surface area contributed by atoms with Crippen LogP contribution in [0, 0.1) is 0 Å². The minimum atomic E-state index is -0.869. The Bertz CT molecular complexity index is 1500. The van der Waals surface area contributed by atoms with Crippen LogP contribution in [0.3, 0.4) is 0 Å². The number of imide groups is 2. The predicted octanol–water partition coefficient (Wildman–Crippen LogP) is 4.16. The van der Waals surface area contributed by atoms with Crippen LogP contribution in [0.2, 0.25) is 0 Å². The van der Waals surface area contributed by atoms with Gasteiger partial charge in [0.1, 0.15) is 17.1 Å². The smallest absolute Gasteiger partial charge is 0.335 e. The summed E-state index contributed by atoms with van der Waals surface area (Å²) in [4.78, 5) is 51.6. The number of anilines is 2. The number of urea groups is 1. The highest BCUT2D eigenvalue weighted by molar-refractivity contribution is 9.10. The summed E-state index contributed by atoms with van der Waals surface area (Å²) in [7, 11) is 4.40. The Labute approximate surface area is 237 Å². The third kappa shape index (κ3) is 6.07. The van der Waals surface area contributed by atoms with Crippen LogP contribution in [-0.2, 0) is 14.4 Å². The highest BCUT2D eigenvalue weighted by Crippen LogP contribution is 2.37. The summed E-state index contributed by atoms with van der Waals surface area (Å²) in [5, 5.41) is 4.90. The molecule has 1 fully saturated rings. The van der Waals surface area contributed by atoms with E-state index in [0.717, 1.165) is 4.90 Å². The molecule has 0 atom stereocenters. The first-order chi connectivity index (χ1) is 19.2. The van der Waals surface area contributed by atoms with E-state index in [9.17, 15) is 19.2 Å². The lowest BCUT2D eigenvalue weighted by Gasteiger charge is -2.26. The molecule has 1 heterocycles. The number of rotatable bonds is 9. The summed E-state index contributed by atoms with van der Waals surface area (Å²) < 4.78 is 21.9. The van der Waals surface area contributed by atoms with Gasteiger partial charge in [-0.05, 0) is 76.1 Å². The third-order valence-electron chi connectivity index (χ3n) is 5.72. The number of amides is 5. The van der Waals surface area contributed by atoms with Gasteiger partial charge in [-0.1, -0.05) is 12.1 Å². The SMILES string of the molecule is COc1ccc(N2C(=O)NC(=O)/C(=C\c3cc(Br)c(OCC(=O)Nc4ccccc4OC)c(OC)c3)C2=O)cc1. The number of benzene rings is 3. The lowest BCUT2D eigenvalue weighted by Crippen LogP contribution is -2.54. The molecular weight excluding hydrogens is 586 g/mol. The number of nitrogens with zero attached hydrogens (tertiary/aromatic N) is 1. The van der Waals surface area contributed by atoms with Crippen molar-refractivity contribution < 1.29 is 38.1 Å². The standard InChI is InChI=1S/C28H24BrN3O8/c1-37-18-10-8-17(9-11-18)32-27(35)19(26(34)31-28(32)36)12-16-13-20(29)25(23(14-16)39-3)40-15-24(33)30-21-6-4-5-7-22(21)38-2/h4-14H,15H2,1-3H3,(H,30,33)(H,31,34,36)/b19-12+. The van der Waals surface area contributed by atoms with Crippen molar-refractivity contribution in [3.05, 3.63) is 76.3 Å². The van der Waals surface area contributed by atoms with Crippen molar-refractivity contribution in [2.24, 2.45) is 0 Å². The average molecular weight is 610 g/mol. The number of hydrogen-bond donors (Lipinski definition) is 2. The van der Waals surface area contributed by atoms with E-state index < -0.39 is 23.8 Å². The van der Waals surface area contributed by atoms with E-state index in [0.29, 0.717) is 27.2 Å². The number of para-hydroxylation sites is 2.